The zero-order valence-corrected chi connectivity index (χ0v) is 10.7. The topological polar surface area (TPSA) is 52.3 Å². The van der Waals surface area contributed by atoms with Crippen molar-refractivity contribution in [2.75, 3.05) is 5.75 Å². The zero-order chi connectivity index (χ0) is 11.8. The first-order chi connectivity index (χ1) is 7.74. The molecule has 2 N–H and O–H groups in total. The highest BCUT2D eigenvalue weighted by Gasteiger charge is 2.04. The van der Waals surface area contributed by atoms with Gasteiger partial charge in [0.25, 0.3) is 6.47 Å². The molecule has 1 atom stereocenters. The molecule has 0 spiro atoms. The Balaban J connectivity index is 2.52. The molecule has 88 valence electrons. The lowest BCUT2D eigenvalue weighted by Gasteiger charge is -2.08. The van der Waals surface area contributed by atoms with Crippen LogP contribution in [0.25, 0.3) is 0 Å². The number of benzene rings is 1. The quantitative estimate of drug-likeness (QED) is 0.600. The second-order valence-corrected chi connectivity index (χ2v) is 5.74. The first kappa shape index (κ1) is 13.4. The van der Waals surface area contributed by atoms with Crippen LogP contribution in [0.4, 0.5) is 0 Å². The van der Waals surface area contributed by atoms with Gasteiger partial charge >= 0.3 is 0 Å². The van der Waals surface area contributed by atoms with Crippen molar-refractivity contribution in [3.63, 3.8) is 0 Å². The van der Waals surface area contributed by atoms with Gasteiger partial charge in [-0.15, -0.1) is 0 Å². The van der Waals surface area contributed by atoms with Crippen LogP contribution in [0.15, 0.2) is 29.2 Å². The Morgan fingerprint density at radius 1 is 1.50 bits per heavy atom. The highest BCUT2D eigenvalue weighted by atomic mass is 33.1. The van der Waals surface area contributed by atoms with E-state index >= 15 is 0 Å². The van der Waals surface area contributed by atoms with Gasteiger partial charge in [0.05, 0.1) is 0 Å². The third-order valence-corrected chi connectivity index (χ3v) is 4.42. The smallest absolute Gasteiger partial charge is 0.293 e. The lowest BCUT2D eigenvalue weighted by Crippen LogP contribution is -2.16. The highest BCUT2D eigenvalue weighted by molar-refractivity contribution is 8.76. The molecule has 1 aromatic carbocycles. The molecule has 3 nitrogen and oxygen atoms in total. The maximum absolute atomic E-state index is 10.1. The number of rotatable bonds is 7. The van der Waals surface area contributed by atoms with Crippen molar-refractivity contribution in [1.29, 1.82) is 0 Å². The van der Waals surface area contributed by atoms with Crippen LogP contribution in [0.5, 0.6) is 0 Å². The Labute approximate surface area is 104 Å². The zero-order valence-electron chi connectivity index (χ0n) is 9.09. The number of ether oxygens (including phenoxy) is 1. The molecule has 0 radical (unpaired) electrons. The first-order valence-electron chi connectivity index (χ1n) is 4.92. The van der Waals surface area contributed by atoms with Gasteiger partial charge in [-0.05, 0) is 13.0 Å². The molecule has 0 amide bonds. The van der Waals surface area contributed by atoms with Crippen LogP contribution in [0.1, 0.15) is 12.5 Å². The fourth-order valence-corrected chi connectivity index (χ4v) is 3.53. The summed E-state index contributed by atoms with van der Waals surface area (Å²) in [5.41, 5.74) is 6.69. The molecule has 0 heterocycles. The Morgan fingerprint density at radius 2 is 2.25 bits per heavy atom. The summed E-state index contributed by atoms with van der Waals surface area (Å²) < 4.78 is 4.76. The molecule has 5 heteroatoms. The van der Waals surface area contributed by atoms with Gasteiger partial charge in [0.15, 0.2) is 0 Å². The second-order valence-electron chi connectivity index (χ2n) is 3.36. The number of hydrogen-bond donors (Lipinski definition) is 1. The Bertz CT molecular complexity index is 332. The molecule has 16 heavy (non-hydrogen) atoms. The van der Waals surface area contributed by atoms with E-state index in [1.165, 1.54) is 0 Å². The van der Waals surface area contributed by atoms with Gasteiger partial charge < -0.3 is 10.5 Å². The molecular formula is C11H15NO2S2. The minimum Gasteiger partial charge on any atom is -0.463 e. The fourth-order valence-electron chi connectivity index (χ4n) is 1.03. The lowest BCUT2D eigenvalue weighted by atomic mass is 10.2. The van der Waals surface area contributed by atoms with Gasteiger partial charge in [0.1, 0.15) is 6.61 Å². The molecule has 0 saturated carbocycles. The van der Waals surface area contributed by atoms with E-state index in [9.17, 15) is 4.79 Å². The number of carbonyl (C=O) groups is 1. The summed E-state index contributed by atoms with van der Waals surface area (Å²) >= 11 is 0. The van der Waals surface area contributed by atoms with E-state index in [4.69, 9.17) is 10.5 Å². The molecule has 1 aromatic rings. The van der Waals surface area contributed by atoms with Crippen molar-refractivity contribution in [1.82, 2.24) is 0 Å². The van der Waals surface area contributed by atoms with Crippen molar-refractivity contribution >= 4 is 28.1 Å². The number of carbonyl (C=O) groups excluding carboxylic acids is 1. The normalized spacial score (nSPS) is 12.1. The average Bonchev–Trinajstić information content (AvgIpc) is 2.27. The van der Waals surface area contributed by atoms with E-state index in [0.29, 0.717) is 13.1 Å². The summed E-state index contributed by atoms with van der Waals surface area (Å²) in [7, 11) is 3.38. The molecule has 0 aliphatic rings. The SMILES string of the molecule is C[C@@H](N)CSSc1ccccc1COC=O. The Morgan fingerprint density at radius 3 is 2.94 bits per heavy atom. The van der Waals surface area contributed by atoms with Gasteiger partial charge in [-0.1, -0.05) is 39.8 Å². The minimum absolute atomic E-state index is 0.191. The molecule has 0 bridgehead atoms. The average molecular weight is 257 g/mol. The number of nitrogens with two attached hydrogens (primary N) is 1. The summed E-state index contributed by atoms with van der Waals surface area (Å²) in [4.78, 5) is 11.3. The Kier molecular flexibility index (Phi) is 6.37. The lowest BCUT2D eigenvalue weighted by molar-refractivity contribution is -0.129. The van der Waals surface area contributed by atoms with Crippen LogP contribution in [0, 0.1) is 0 Å². The van der Waals surface area contributed by atoms with E-state index in [1.54, 1.807) is 21.6 Å². The summed E-state index contributed by atoms with van der Waals surface area (Å²) in [5, 5.41) is 0. The van der Waals surface area contributed by atoms with E-state index in [-0.39, 0.29) is 6.04 Å². The van der Waals surface area contributed by atoms with E-state index < -0.39 is 0 Å². The van der Waals surface area contributed by atoms with Gasteiger partial charge in [0.2, 0.25) is 0 Å². The van der Waals surface area contributed by atoms with Crippen LogP contribution >= 0.6 is 21.6 Å². The van der Waals surface area contributed by atoms with Crippen LogP contribution in [0.3, 0.4) is 0 Å². The molecule has 0 aliphatic carbocycles. The molecule has 0 saturated heterocycles. The van der Waals surface area contributed by atoms with Crippen LogP contribution < -0.4 is 5.73 Å². The van der Waals surface area contributed by atoms with Crippen LogP contribution in [-0.2, 0) is 16.1 Å². The Hall–Kier alpha value is -0.650. The molecule has 0 aromatic heterocycles. The first-order valence-corrected chi connectivity index (χ1v) is 7.24. The maximum Gasteiger partial charge on any atom is 0.293 e. The highest BCUT2D eigenvalue weighted by Crippen LogP contribution is 2.33. The molecule has 1 rings (SSSR count). The molecule has 0 unspecified atom stereocenters. The predicted octanol–water partition coefficient (Wildman–Crippen LogP) is 2.45. The minimum atomic E-state index is 0.191. The summed E-state index contributed by atoms with van der Waals surface area (Å²) in [6.45, 7) is 2.77. The van der Waals surface area contributed by atoms with Crippen LogP contribution in [-0.4, -0.2) is 18.3 Å². The van der Waals surface area contributed by atoms with Gasteiger partial charge in [-0.3, -0.25) is 4.79 Å². The van der Waals surface area contributed by atoms with Crippen molar-refractivity contribution < 1.29 is 9.53 Å². The summed E-state index contributed by atoms with van der Waals surface area (Å²) in [6.07, 6.45) is 0. The van der Waals surface area contributed by atoms with Crippen molar-refractivity contribution in [2.45, 2.75) is 24.5 Å². The number of hydrogen-bond acceptors (Lipinski definition) is 5. The van der Waals surface area contributed by atoms with Crippen molar-refractivity contribution in [3.8, 4) is 0 Å². The van der Waals surface area contributed by atoms with Crippen LogP contribution in [0.2, 0.25) is 0 Å². The molecular weight excluding hydrogens is 242 g/mol. The van der Waals surface area contributed by atoms with Crippen molar-refractivity contribution in [3.05, 3.63) is 29.8 Å². The van der Waals surface area contributed by atoms with E-state index in [1.807, 2.05) is 31.2 Å². The fraction of sp³-hybridized carbons (Fsp3) is 0.364. The standard InChI is InChI=1S/C11H15NO2S2/c1-9(12)7-15-16-11-5-3-2-4-10(11)6-14-8-13/h2-5,8-9H,6-7,12H2,1H3/t9-/m1/s1. The van der Waals surface area contributed by atoms with E-state index in [2.05, 4.69) is 0 Å². The summed E-state index contributed by atoms with van der Waals surface area (Å²) in [6, 6.07) is 8.07. The predicted molar refractivity (Wildman–Crippen MR) is 69.3 cm³/mol. The monoisotopic (exact) mass is 257 g/mol. The third kappa shape index (κ3) is 4.92. The van der Waals surface area contributed by atoms with Crippen molar-refractivity contribution in [2.24, 2.45) is 5.73 Å². The largest absolute Gasteiger partial charge is 0.463 e. The maximum atomic E-state index is 10.1. The van der Waals surface area contributed by atoms with Gasteiger partial charge in [-0.2, -0.15) is 0 Å². The third-order valence-electron chi connectivity index (χ3n) is 1.76. The molecule has 0 fully saturated rings. The van der Waals surface area contributed by atoms with Gasteiger partial charge in [0, 0.05) is 22.3 Å². The summed E-state index contributed by atoms with van der Waals surface area (Å²) in [5.74, 6) is 0.896. The molecule has 0 aliphatic heterocycles. The second kappa shape index (κ2) is 7.60. The van der Waals surface area contributed by atoms with Gasteiger partial charge in [-0.25, -0.2) is 0 Å². The van der Waals surface area contributed by atoms with E-state index in [0.717, 1.165) is 16.2 Å².